The maximum absolute atomic E-state index is 12.3. The number of nitrogens with two attached hydrogens (primary N) is 3. The fraction of sp³-hybridized carbons (Fsp3) is 0.643. The smallest absolute Gasteiger partial charge is 0.326 e. The molecule has 142 valence electrons. The molecule has 0 saturated heterocycles. The Labute approximate surface area is 144 Å². The van der Waals surface area contributed by atoms with Crippen LogP contribution in [-0.2, 0) is 24.0 Å². The number of carboxylic acid groups (broad SMARTS) is 1. The predicted octanol–water partition coefficient (Wildman–Crippen LogP) is -2.84. The number of hydrogen-bond donors (Lipinski definition) is 6. The highest BCUT2D eigenvalue weighted by Gasteiger charge is 2.29. The van der Waals surface area contributed by atoms with Gasteiger partial charge in [0.2, 0.25) is 23.6 Å². The van der Waals surface area contributed by atoms with Gasteiger partial charge in [-0.3, -0.25) is 19.2 Å². The van der Waals surface area contributed by atoms with Crippen LogP contribution in [0, 0.1) is 5.92 Å². The minimum absolute atomic E-state index is 0.0252. The second kappa shape index (κ2) is 10.2. The van der Waals surface area contributed by atoms with E-state index < -0.39 is 60.6 Å². The molecule has 0 radical (unpaired) electrons. The Morgan fingerprint density at radius 3 is 1.76 bits per heavy atom. The molecule has 0 fully saturated rings. The van der Waals surface area contributed by atoms with Crippen LogP contribution in [0.15, 0.2) is 0 Å². The molecule has 3 atom stereocenters. The van der Waals surface area contributed by atoms with Gasteiger partial charge in [-0.15, -0.1) is 0 Å². The zero-order valence-electron chi connectivity index (χ0n) is 14.2. The van der Waals surface area contributed by atoms with Crippen LogP contribution in [0.2, 0.25) is 0 Å². The summed E-state index contributed by atoms with van der Waals surface area (Å²) in [5, 5.41) is 13.5. The van der Waals surface area contributed by atoms with Gasteiger partial charge in [0, 0.05) is 0 Å². The molecule has 0 aromatic heterocycles. The molecule has 0 aliphatic heterocycles. The standard InChI is InChI=1S/C14H25N5O6/c1-6(2)3-8(18-12(22)7(15)4-10(16)20)13(23)19-9(14(24)25)5-11(17)21/h6-9H,3-5,15H2,1-2H3,(H2,16,20)(H2,17,21)(H,18,22)(H,19,23)(H,24,25). The molecule has 11 nitrogen and oxygen atoms in total. The molecule has 11 heteroatoms. The van der Waals surface area contributed by atoms with E-state index in [0.29, 0.717) is 0 Å². The summed E-state index contributed by atoms with van der Waals surface area (Å²) in [7, 11) is 0. The Morgan fingerprint density at radius 1 is 0.880 bits per heavy atom. The number of carbonyl (C=O) groups is 5. The zero-order chi connectivity index (χ0) is 19.7. The van der Waals surface area contributed by atoms with Crippen LogP contribution < -0.4 is 27.8 Å². The Hall–Kier alpha value is -2.69. The lowest BCUT2D eigenvalue weighted by atomic mass is 10.0. The van der Waals surface area contributed by atoms with Gasteiger partial charge in [0.15, 0.2) is 0 Å². The minimum Gasteiger partial charge on any atom is -0.480 e. The van der Waals surface area contributed by atoms with Crippen LogP contribution in [0.1, 0.15) is 33.1 Å². The molecule has 9 N–H and O–H groups in total. The van der Waals surface area contributed by atoms with Gasteiger partial charge in [-0.2, -0.15) is 0 Å². The molecule has 0 heterocycles. The summed E-state index contributed by atoms with van der Waals surface area (Å²) in [5.74, 6) is -4.72. The number of aliphatic carboxylic acids is 1. The molecule has 0 aliphatic carbocycles. The van der Waals surface area contributed by atoms with E-state index in [1.54, 1.807) is 13.8 Å². The number of nitrogens with one attached hydrogen (secondary N) is 2. The summed E-state index contributed by atoms with van der Waals surface area (Å²) < 4.78 is 0. The predicted molar refractivity (Wildman–Crippen MR) is 86.6 cm³/mol. The number of carbonyl (C=O) groups excluding carboxylic acids is 4. The second-order valence-corrected chi connectivity index (χ2v) is 6.04. The normalized spacial score (nSPS) is 14.2. The lowest BCUT2D eigenvalue weighted by Crippen LogP contribution is -2.55. The highest BCUT2D eigenvalue weighted by atomic mass is 16.4. The molecule has 4 amide bonds. The first kappa shape index (κ1) is 22.3. The van der Waals surface area contributed by atoms with Gasteiger partial charge in [-0.05, 0) is 12.3 Å². The summed E-state index contributed by atoms with van der Waals surface area (Å²) in [5.41, 5.74) is 15.4. The van der Waals surface area contributed by atoms with E-state index in [0.717, 1.165) is 0 Å². The summed E-state index contributed by atoms with van der Waals surface area (Å²) in [6.45, 7) is 3.57. The van der Waals surface area contributed by atoms with Crippen LogP contribution in [-0.4, -0.2) is 52.8 Å². The molecule has 0 aromatic carbocycles. The SMILES string of the molecule is CC(C)CC(NC(=O)C(N)CC(N)=O)C(=O)NC(CC(N)=O)C(=O)O. The summed E-state index contributed by atoms with van der Waals surface area (Å²) >= 11 is 0. The molecular weight excluding hydrogens is 334 g/mol. The molecule has 3 unspecified atom stereocenters. The molecule has 25 heavy (non-hydrogen) atoms. The van der Waals surface area contributed by atoms with Gasteiger partial charge in [-0.1, -0.05) is 13.8 Å². The third-order valence-electron chi connectivity index (χ3n) is 3.12. The number of rotatable bonds is 11. The van der Waals surface area contributed by atoms with E-state index in [4.69, 9.17) is 22.3 Å². The largest absolute Gasteiger partial charge is 0.480 e. The molecule has 0 spiro atoms. The maximum atomic E-state index is 12.3. The average molecular weight is 359 g/mol. The molecule has 0 bridgehead atoms. The zero-order valence-corrected chi connectivity index (χ0v) is 14.2. The van der Waals surface area contributed by atoms with E-state index in [1.807, 2.05) is 0 Å². The molecular formula is C14H25N5O6. The summed E-state index contributed by atoms with van der Waals surface area (Å²) in [6, 6.07) is -3.85. The van der Waals surface area contributed by atoms with Crippen molar-refractivity contribution in [1.82, 2.24) is 10.6 Å². The number of hydrogen-bond acceptors (Lipinski definition) is 6. The fourth-order valence-electron chi connectivity index (χ4n) is 1.96. The van der Waals surface area contributed by atoms with Crippen molar-refractivity contribution in [1.29, 1.82) is 0 Å². The van der Waals surface area contributed by atoms with Crippen LogP contribution >= 0.6 is 0 Å². The van der Waals surface area contributed by atoms with E-state index in [1.165, 1.54) is 0 Å². The van der Waals surface area contributed by atoms with Crippen molar-refractivity contribution < 1.29 is 29.1 Å². The van der Waals surface area contributed by atoms with Gasteiger partial charge in [0.1, 0.15) is 12.1 Å². The Bertz CT molecular complexity index is 536. The van der Waals surface area contributed by atoms with E-state index in [9.17, 15) is 24.0 Å². The third kappa shape index (κ3) is 9.25. The van der Waals surface area contributed by atoms with Gasteiger partial charge < -0.3 is 32.9 Å². The summed E-state index contributed by atoms with van der Waals surface area (Å²) in [6.07, 6.45) is -0.810. The third-order valence-corrected chi connectivity index (χ3v) is 3.12. The lowest BCUT2D eigenvalue weighted by Gasteiger charge is -2.23. The highest BCUT2D eigenvalue weighted by molar-refractivity contribution is 5.94. The van der Waals surface area contributed by atoms with E-state index in [2.05, 4.69) is 10.6 Å². The number of primary amides is 2. The first-order chi connectivity index (χ1) is 11.4. The van der Waals surface area contributed by atoms with Gasteiger partial charge in [-0.25, -0.2) is 4.79 Å². The van der Waals surface area contributed by atoms with Crippen molar-refractivity contribution in [3.05, 3.63) is 0 Å². The first-order valence-corrected chi connectivity index (χ1v) is 7.59. The van der Waals surface area contributed by atoms with Crippen LogP contribution in [0.4, 0.5) is 0 Å². The molecule has 0 aliphatic rings. The monoisotopic (exact) mass is 359 g/mol. The number of carboxylic acids is 1. The minimum atomic E-state index is -1.52. The van der Waals surface area contributed by atoms with Gasteiger partial charge in [0.25, 0.3) is 0 Å². The topological polar surface area (TPSA) is 208 Å². The Morgan fingerprint density at radius 2 is 1.36 bits per heavy atom. The maximum Gasteiger partial charge on any atom is 0.326 e. The van der Waals surface area contributed by atoms with Crippen LogP contribution in [0.3, 0.4) is 0 Å². The van der Waals surface area contributed by atoms with Crippen molar-refractivity contribution in [2.24, 2.45) is 23.1 Å². The molecule has 0 rings (SSSR count). The highest BCUT2D eigenvalue weighted by Crippen LogP contribution is 2.07. The van der Waals surface area contributed by atoms with Gasteiger partial charge >= 0.3 is 5.97 Å². The van der Waals surface area contributed by atoms with E-state index >= 15 is 0 Å². The van der Waals surface area contributed by atoms with Crippen molar-refractivity contribution in [3.8, 4) is 0 Å². The lowest BCUT2D eigenvalue weighted by molar-refractivity contribution is -0.143. The van der Waals surface area contributed by atoms with E-state index in [-0.39, 0.29) is 12.3 Å². The van der Waals surface area contributed by atoms with Crippen molar-refractivity contribution >= 4 is 29.6 Å². The summed E-state index contributed by atoms with van der Waals surface area (Å²) in [4.78, 5) is 57.0. The van der Waals surface area contributed by atoms with Crippen LogP contribution in [0.5, 0.6) is 0 Å². The Balaban J connectivity index is 5.08. The molecule has 0 aromatic rings. The van der Waals surface area contributed by atoms with Crippen molar-refractivity contribution in [2.45, 2.75) is 51.2 Å². The van der Waals surface area contributed by atoms with Crippen LogP contribution in [0.25, 0.3) is 0 Å². The Kier molecular flexibility index (Phi) is 9.13. The molecule has 0 saturated carbocycles. The van der Waals surface area contributed by atoms with Crippen molar-refractivity contribution in [3.63, 3.8) is 0 Å². The fourth-order valence-corrected chi connectivity index (χ4v) is 1.96. The van der Waals surface area contributed by atoms with Crippen molar-refractivity contribution in [2.75, 3.05) is 0 Å². The average Bonchev–Trinajstić information content (AvgIpc) is 2.43. The first-order valence-electron chi connectivity index (χ1n) is 7.59. The van der Waals surface area contributed by atoms with Gasteiger partial charge in [0.05, 0.1) is 18.9 Å². The second-order valence-electron chi connectivity index (χ2n) is 6.04. The number of amides is 4. The quantitative estimate of drug-likeness (QED) is 0.227.